The fourth-order valence-electron chi connectivity index (χ4n) is 3.26. The van der Waals surface area contributed by atoms with E-state index in [0.29, 0.717) is 29.6 Å². The third-order valence-electron chi connectivity index (χ3n) is 4.85. The third kappa shape index (κ3) is 3.87. The summed E-state index contributed by atoms with van der Waals surface area (Å²) in [5.74, 6) is 6.47. The van der Waals surface area contributed by atoms with Gasteiger partial charge in [-0.2, -0.15) is 0 Å². The number of aromatic nitrogens is 3. The minimum atomic E-state index is -0.305. The van der Waals surface area contributed by atoms with E-state index in [0.717, 1.165) is 6.42 Å². The SMILES string of the molecule is Nn1c(Cc2ccccc2F)nnc1SCC(=O)N1CCc2ccccc2C1. The zero-order valence-corrected chi connectivity index (χ0v) is 16.0. The zero-order chi connectivity index (χ0) is 19.5. The molecule has 4 rings (SSSR count). The molecule has 0 aliphatic carbocycles. The second-order valence-electron chi connectivity index (χ2n) is 6.66. The molecule has 6 nitrogen and oxygen atoms in total. The van der Waals surface area contributed by atoms with Gasteiger partial charge in [0, 0.05) is 19.5 Å². The minimum Gasteiger partial charge on any atom is -0.337 e. The smallest absolute Gasteiger partial charge is 0.233 e. The van der Waals surface area contributed by atoms with Gasteiger partial charge in [0.1, 0.15) is 5.82 Å². The van der Waals surface area contributed by atoms with Gasteiger partial charge in [0.25, 0.3) is 0 Å². The van der Waals surface area contributed by atoms with Crippen molar-refractivity contribution in [3.63, 3.8) is 0 Å². The number of amides is 1. The summed E-state index contributed by atoms with van der Waals surface area (Å²) >= 11 is 1.25. The number of benzene rings is 2. The molecular weight excluding hydrogens is 377 g/mol. The maximum atomic E-state index is 13.8. The molecule has 0 radical (unpaired) electrons. The van der Waals surface area contributed by atoms with Gasteiger partial charge >= 0.3 is 0 Å². The fourth-order valence-corrected chi connectivity index (χ4v) is 4.04. The van der Waals surface area contributed by atoms with E-state index in [4.69, 9.17) is 5.84 Å². The van der Waals surface area contributed by atoms with E-state index >= 15 is 0 Å². The summed E-state index contributed by atoms with van der Waals surface area (Å²) in [5, 5.41) is 8.54. The maximum Gasteiger partial charge on any atom is 0.233 e. The number of halogens is 1. The van der Waals surface area contributed by atoms with Crippen LogP contribution in [0.3, 0.4) is 0 Å². The predicted octanol–water partition coefficient (Wildman–Crippen LogP) is 2.40. The van der Waals surface area contributed by atoms with Crippen LogP contribution in [0, 0.1) is 5.82 Å². The zero-order valence-electron chi connectivity index (χ0n) is 15.2. The lowest BCUT2D eigenvalue weighted by molar-refractivity contribution is -0.129. The first-order valence-electron chi connectivity index (χ1n) is 9.02. The predicted molar refractivity (Wildman–Crippen MR) is 106 cm³/mol. The number of nitrogens with two attached hydrogens (primary N) is 1. The molecule has 0 fully saturated rings. The number of carbonyl (C=O) groups excluding carboxylic acids is 1. The Morgan fingerprint density at radius 2 is 1.86 bits per heavy atom. The number of rotatable bonds is 5. The number of thioether (sulfide) groups is 1. The van der Waals surface area contributed by atoms with E-state index in [1.54, 1.807) is 18.2 Å². The van der Waals surface area contributed by atoms with Crippen LogP contribution >= 0.6 is 11.8 Å². The molecule has 0 unspecified atom stereocenters. The Hall–Kier alpha value is -2.87. The second kappa shape index (κ2) is 8.02. The Balaban J connectivity index is 1.37. The van der Waals surface area contributed by atoms with Gasteiger partial charge in [-0.25, -0.2) is 9.07 Å². The molecule has 144 valence electrons. The van der Waals surface area contributed by atoms with E-state index < -0.39 is 0 Å². The molecule has 0 saturated carbocycles. The Morgan fingerprint density at radius 1 is 1.11 bits per heavy atom. The molecule has 28 heavy (non-hydrogen) atoms. The lowest BCUT2D eigenvalue weighted by Gasteiger charge is -2.28. The molecule has 0 spiro atoms. The Morgan fingerprint density at radius 3 is 2.68 bits per heavy atom. The van der Waals surface area contributed by atoms with Crippen molar-refractivity contribution in [1.29, 1.82) is 0 Å². The Kier molecular flexibility index (Phi) is 5.29. The molecule has 0 saturated heterocycles. The van der Waals surface area contributed by atoms with Gasteiger partial charge in [-0.05, 0) is 29.2 Å². The van der Waals surface area contributed by atoms with Crippen molar-refractivity contribution >= 4 is 17.7 Å². The Labute approximate surface area is 166 Å². The van der Waals surface area contributed by atoms with Crippen molar-refractivity contribution < 1.29 is 9.18 Å². The van der Waals surface area contributed by atoms with E-state index in [1.807, 2.05) is 17.0 Å². The summed E-state index contributed by atoms with van der Waals surface area (Å²) in [7, 11) is 0. The monoisotopic (exact) mass is 397 g/mol. The van der Waals surface area contributed by atoms with Gasteiger partial charge in [-0.1, -0.05) is 54.2 Å². The van der Waals surface area contributed by atoms with E-state index in [2.05, 4.69) is 22.3 Å². The topological polar surface area (TPSA) is 77.0 Å². The quantitative estimate of drug-likeness (QED) is 0.528. The highest BCUT2D eigenvalue weighted by Crippen LogP contribution is 2.21. The van der Waals surface area contributed by atoms with Crippen LogP contribution < -0.4 is 5.84 Å². The first-order valence-corrected chi connectivity index (χ1v) is 10.0. The maximum absolute atomic E-state index is 13.8. The van der Waals surface area contributed by atoms with Crippen LogP contribution in [0.1, 0.15) is 22.5 Å². The molecule has 0 atom stereocenters. The van der Waals surface area contributed by atoms with E-state index in [1.165, 1.54) is 33.6 Å². The molecule has 1 amide bonds. The van der Waals surface area contributed by atoms with Crippen molar-refractivity contribution in [3.05, 3.63) is 76.9 Å². The second-order valence-corrected chi connectivity index (χ2v) is 7.60. The molecule has 8 heteroatoms. The van der Waals surface area contributed by atoms with Gasteiger partial charge in [-0.3, -0.25) is 4.79 Å². The molecule has 2 heterocycles. The number of hydrogen-bond donors (Lipinski definition) is 1. The number of nitrogens with zero attached hydrogens (tertiary/aromatic N) is 4. The van der Waals surface area contributed by atoms with Crippen molar-refractivity contribution in [1.82, 2.24) is 19.8 Å². The van der Waals surface area contributed by atoms with Crippen LogP contribution in [0.5, 0.6) is 0 Å². The van der Waals surface area contributed by atoms with Crippen LogP contribution in [-0.2, 0) is 24.2 Å². The standard InChI is InChI=1S/C20H20FN5OS/c21-17-8-4-3-6-15(17)11-18-23-24-20(26(18)22)28-13-19(27)25-10-9-14-5-1-2-7-16(14)12-25/h1-8H,9-13,22H2. The van der Waals surface area contributed by atoms with Crippen LogP contribution in [0.2, 0.25) is 0 Å². The van der Waals surface area contributed by atoms with Gasteiger partial charge in [0.05, 0.1) is 5.75 Å². The largest absolute Gasteiger partial charge is 0.337 e. The average molecular weight is 397 g/mol. The normalized spacial score (nSPS) is 13.4. The minimum absolute atomic E-state index is 0.0400. The Bertz CT molecular complexity index is 1010. The molecule has 2 N–H and O–H groups in total. The first kappa shape index (κ1) is 18.5. The van der Waals surface area contributed by atoms with Gasteiger partial charge < -0.3 is 10.7 Å². The fraction of sp³-hybridized carbons (Fsp3) is 0.250. The molecule has 0 bridgehead atoms. The summed E-state index contributed by atoms with van der Waals surface area (Å²) in [5.41, 5.74) is 3.00. The van der Waals surface area contributed by atoms with Gasteiger partial charge in [0.15, 0.2) is 5.82 Å². The lowest BCUT2D eigenvalue weighted by Crippen LogP contribution is -2.37. The van der Waals surface area contributed by atoms with Crippen LogP contribution in [0.4, 0.5) is 4.39 Å². The number of hydrogen-bond acceptors (Lipinski definition) is 5. The summed E-state index contributed by atoms with van der Waals surface area (Å²) in [6.07, 6.45) is 1.11. The van der Waals surface area contributed by atoms with Crippen molar-refractivity contribution in [2.45, 2.75) is 24.5 Å². The summed E-state index contributed by atoms with van der Waals surface area (Å²) in [6.45, 7) is 1.34. The van der Waals surface area contributed by atoms with Crippen molar-refractivity contribution in [2.75, 3.05) is 18.1 Å². The van der Waals surface area contributed by atoms with Crippen LogP contribution in [0.25, 0.3) is 0 Å². The molecule has 1 aliphatic rings. The van der Waals surface area contributed by atoms with E-state index in [-0.39, 0.29) is 23.9 Å². The molecule has 3 aromatic rings. The summed E-state index contributed by atoms with van der Waals surface area (Å²) in [4.78, 5) is 14.4. The van der Waals surface area contributed by atoms with Crippen molar-refractivity contribution in [2.24, 2.45) is 0 Å². The number of nitrogen functional groups attached to an aromatic ring is 1. The third-order valence-corrected chi connectivity index (χ3v) is 5.78. The van der Waals surface area contributed by atoms with E-state index in [9.17, 15) is 9.18 Å². The molecule has 2 aromatic carbocycles. The average Bonchev–Trinajstić information content (AvgIpc) is 3.07. The summed E-state index contributed by atoms with van der Waals surface area (Å²) in [6, 6.07) is 14.7. The van der Waals surface area contributed by atoms with Gasteiger partial charge in [0.2, 0.25) is 11.1 Å². The molecular formula is C20H20FN5OS. The lowest BCUT2D eigenvalue weighted by atomic mass is 10.00. The summed E-state index contributed by atoms with van der Waals surface area (Å²) < 4.78 is 15.2. The van der Waals surface area contributed by atoms with Crippen LogP contribution in [-0.4, -0.2) is 38.0 Å². The highest BCUT2D eigenvalue weighted by molar-refractivity contribution is 7.99. The number of fused-ring (bicyclic) bond motifs is 1. The van der Waals surface area contributed by atoms with Crippen molar-refractivity contribution in [3.8, 4) is 0 Å². The highest BCUT2D eigenvalue weighted by Gasteiger charge is 2.21. The molecule has 1 aliphatic heterocycles. The highest BCUT2D eigenvalue weighted by atomic mass is 32.2. The first-order chi connectivity index (χ1) is 13.6. The van der Waals surface area contributed by atoms with Gasteiger partial charge in [-0.15, -0.1) is 10.2 Å². The molecule has 1 aromatic heterocycles. The number of carbonyl (C=O) groups is 1. The van der Waals surface area contributed by atoms with Crippen LogP contribution in [0.15, 0.2) is 53.7 Å².